The molecule has 0 unspecified atom stereocenters. The zero-order valence-electron chi connectivity index (χ0n) is 5.93. The van der Waals surface area contributed by atoms with E-state index in [9.17, 15) is 8.78 Å². The predicted molar refractivity (Wildman–Crippen MR) is 50.6 cm³/mol. The summed E-state index contributed by atoms with van der Waals surface area (Å²) in [6, 6.07) is 0.928. The molecule has 0 fully saturated rings. The average Bonchev–Trinajstić information content (AvgIpc) is 2.11. The van der Waals surface area contributed by atoms with Crippen molar-refractivity contribution < 1.29 is 8.78 Å². The van der Waals surface area contributed by atoms with Crippen LogP contribution in [0.1, 0.15) is 0 Å². The van der Waals surface area contributed by atoms with Crippen molar-refractivity contribution in [3.63, 3.8) is 0 Å². The molecule has 1 aromatic carbocycles. The van der Waals surface area contributed by atoms with Gasteiger partial charge in [0.05, 0.1) is 14.6 Å². The molecule has 0 aliphatic carbocycles. The second-order valence-corrected chi connectivity index (χ2v) is 3.59. The van der Waals surface area contributed by atoms with Crippen LogP contribution in [0.4, 0.5) is 14.5 Å². The van der Waals surface area contributed by atoms with E-state index in [4.69, 9.17) is 5.53 Å². The van der Waals surface area contributed by atoms with E-state index in [1.807, 2.05) is 0 Å². The van der Waals surface area contributed by atoms with Crippen molar-refractivity contribution in [1.82, 2.24) is 0 Å². The van der Waals surface area contributed by atoms with Gasteiger partial charge in [-0.2, -0.15) is 0 Å². The summed E-state index contributed by atoms with van der Waals surface area (Å²) in [5.41, 5.74) is 7.95. The lowest BCUT2D eigenvalue weighted by atomic mass is 10.3. The lowest BCUT2D eigenvalue weighted by Gasteiger charge is -2.02. The van der Waals surface area contributed by atoms with Crippen molar-refractivity contribution in [2.75, 3.05) is 0 Å². The van der Waals surface area contributed by atoms with Crippen LogP contribution in [0, 0.1) is 11.6 Å². The molecule has 3 nitrogen and oxygen atoms in total. The Balaban J connectivity index is 3.49. The van der Waals surface area contributed by atoms with Gasteiger partial charge in [-0.15, -0.1) is 0 Å². The zero-order chi connectivity index (χ0) is 10.0. The molecule has 0 heterocycles. The van der Waals surface area contributed by atoms with Crippen LogP contribution in [0.25, 0.3) is 10.4 Å². The number of benzene rings is 1. The van der Waals surface area contributed by atoms with Crippen LogP contribution in [-0.2, 0) is 0 Å². The zero-order valence-corrected chi connectivity index (χ0v) is 9.10. The Kier molecular flexibility index (Phi) is 3.24. The van der Waals surface area contributed by atoms with Crippen LogP contribution in [0.5, 0.6) is 0 Å². The Bertz CT molecular complexity index is 401. The summed E-state index contributed by atoms with van der Waals surface area (Å²) >= 11 is 5.53. The van der Waals surface area contributed by atoms with E-state index >= 15 is 0 Å². The second-order valence-electron chi connectivity index (χ2n) is 2.01. The smallest absolute Gasteiger partial charge is 0.154 e. The normalized spacial score (nSPS) is 9.54. The maximum Gasteiger partial charge on any atom is 0.154 e. The first-order valence-corrected chi connectivity index (χ1v) is 4.54. The minimum Gasteiger partial charge on any atom is -0.206 e. The molecule has 0 aliphatic heterocycles. The van der Waals surface area contributed by atoms with Gasteiger partial charge < -0.3 is 0 Å². The average molecular weight is 313 g/mol. The van der Waals surface area contributed by atoms with Gasteiger partial charge in [0, 0.05) is 4.91 Å². The van der Waals surface area contributed by atoms with E-state index < -0.39 is 11.6 Å². The van der Waals surface area contributed by atoms with Gasteiger partial charge in [0.15, 0.2) is 5.82 Å². The van der Waals surface area contributed by atoms with E-state index in [1.54, 1.807) is 0 Å². The highest BCUT2D eigenvalue weighted by atomic mass is 79.9. The highest BCUT2D eigenvalue weighted by Gasteiger charge is 2.13. The minimum absolute atomic E-state index is 0.0708. The number of hydrogen-bond acceptors (Lipinski definition) is 1. The third-order valence-corrected chi connectivity index (χ3v) is 2.72. The van der Waals surface area contributed by atoms with Crippen LogP contribution in [0.3, 0.4) is 0 Å². The number of azide groups is 1. The van der Waals surface area contributed by atoms with Crippen LogP contribution >= 0.6 is 31.9 Å². The standard InChI is InChI=1S/C6HBr2F2N3/c7-4-2(9)1-3(12-13-11)5(8)6(4)10/h1H. The fraction of sp³-hybridized carbons (Fsp3) is 0. The van der Waals surface area contributed by atoms with Gasteiger partial charge in [-0.25, -0.2) is 8.78 Å². The summed E-state index contributed by atoms with van der Waals surface area (Å²) in [4.78, 5) is 2.43. The molecule has 13 heavy (non-hydrogen) atoms. The van der Waals surface area contributed by atoms with Crippen LogP contribution in [-0.4, -0.2) is 0 Å². The van der Waals surface area contributed by atoms with Crippen molar-refractivity contribution in [1.29, 1.82) is 0 Å². The molecule has 7 heteroatoms. The Labute approximate surface area is 88.6 Å². The Morgan fingerprint density at radius 3 is 2.46 bits per heavy atom. The first-order valence-electron chi connectivity index (χ1n) is 2.96. The summed E-state index contributed by atoms with van der Waals surface area (Å²) < 4.78 is 25.5. The maximum atomic E-state index is 13.1. The summed E-state index contributed by atoms with van der Waals surface area (Å²) in [6.45, 7) is 0. The van der Waals surface area contributed by atoms with Gasteiger partial charge in [-0.1, -0.05) is 5.11 Å². The van der Waals surface area contributed by atoms with E-state index in [1.165, 1.54) is 0 Å². The fourth-order valence-electron chi connectivity index (χ4n) is 0.681. The number of rotatable bonds is 1. The largest absolute Gasteiger partial charge is 0.206 e. The molecule has 1 aromatic rings. The SMILES string of the molecule is [N-]=[N+]=Nc1cc(F)c(Br)c(F)c1Br. The van der Waals surface area contributed by atoms with Gasteiger partial charge in [0.2, 0.25) is 0 Å². The monoisotopic (exact) mass is 311 g/mol. The number of halogens is 4. The van der Waals surface area contributed by atoms with Crippen molar-refractivity contribution in [3.05, 3.63) is 37.1 Å². The summed E-state index contributed by atoms with van der Waals surface area (Å²) in [7, 11) is 0. The van der Waals surface area contributed by atoms with Crippen LogP contribution < -0.4 is 0 Å². The molecule has 0 saturated heterocycles. The molecular formula is C6HBr2F2N3. The van der Waals surface area contributed by atoms with E-state index in [0.717, 1.165) is 6.07 Å². The summed E-state index contributed by atoms with van der Waals surface area (Å²) in [5, 5.41) is 3.10. The molecule has 0 radical (unpaired) electrons. The molecule has 0 saturated carbocycles. The lowest BCUT2D eigenvalue weighted by Crippen LogP contribution is -1.85. The topological polar surface area (TPSA) is 48.8 Å². The van der Waals surface area contributed by atoms with Crippen molar-refractivity contribution in [2.45, 2.75) is 0 Å². The molecule has 0 aliphatic rings. The Morgan fingerprint density at radius 1 is 1.31 bits per heavy atom. The quantitative estimate of drug-likeness (QED) is 0.242. The van der Waals surface area contributed by atoms with Crippen LogP contribution in [0.15, 0.2) is 20.1 Å². The Morgan fingerprint density at radius 2 is 1.92 bits per heavy atom. The highest BCUT2D eigenvalue weighted by molar-refractivity contribution is 9.11. The summed E-state index contributed by atoms with van der Waals surface area (Å²) in [5.74, 6) is -1.65. The molecule has 0 N–H and O–H groups in total. The fourth-order valence-corrected chi connectivity index (χ4v) is 1.65. The molecule has 0 bridgehead atoms. The molecule has 0 aromatic heterocycles. The summed E-state index contributed by atoms with van der Waals surface area (Å²) in [6.07, 6.45) is 0. The molecule has 0 atom stereocenters. The first kappa shape index (κ1) is 10.4. The molecule has 1 rings (SSSR count). The van der Waals surface area contributed by atoms with Crippen molar-refractivity contribution in [2.24, 2.45) is 5.11 Å². The minimum atomic E-state index is -0.831. The van der Waals surface area contributed by atoms with Gasteiger partial charge >= 0.3 is 0 Å². The van der Waals surface area contributed by atoms with Crippen molar-refractivity contribution >= 4 is 37.5 Å². The predicted octanol–water partition coefficient (Wildman–Crippen LogP) is 4.43. The molecule has 0 amide bonds. The molecule has 68 valence electrons. The first-order chi connectivity index (χ1) is 6.07. The maximum absolute atomic E-state index is 13.1. The van der Waals surface area contributed by atoms with Crippen molar-refractivity contribution in [3.8, 4) is 0 Å². The number of hydrogen-bond donors (Lipinski definition) is 0. The van der Waals surface area contributed by atoms with Gasteiger partial charge in [-0.05, 0) is 43.5 Å². The highest BCUT2D eigenvalue weighted by Crippen LogP contribution is 2.34. The van der Waals surface area contributed by atoms with Gasteiger partial charge in [0.1, 0.15) is 5.82 Å². The third-order valence-electron chi connectivity index (χ3n) is 1.24. The second kappa shape index (κ2) is 4.04. The molecule has 0 spiro atoms. The van der Waals surface area contributed by atoms with Gasteiger partial charge in [0.25, 0.3) is 0 Å². The van der Waals surface area contributed by atoms with E-state index in [2.05, 4.69) is 41.9 Å². The van der Waals surface area contributed by atoms with Crippen LogP contribution in [0.2, 0.25) is 0 Å². The number of nitrogens with zero attached hydrogens (tertiary/aromatic N) is 3. The van der Waals surface area contributed by atoms with E-state index in [-0.39, 0.29) is 14.6 Å². The lowest BCUT2D eigenvalue weighted by molar-refractivity contribution is 0.568. The van der Waals surface area contributed by atoms with Gasteiger partial charge in [-0.3, -0.25) is 0 Å². The molecular weight excluding hydrogens is 312 g/mol. The third kappa shape index (κ3) is 1.99. The van der Waals surface area contributed by atoms with E-state index in [0.29, 0.717) is 0 Å². The Hall–Kier alpha value is -0.650.